The number of aryl methyl sites for hydroxylation is 2. The van der Waals surface area contributed by atoms with Crippen LogP contribution in [0, 0.1) is 13.8 Å². The molecule has 8 nitrogen and oxygen atoms in total. The molecule has 0 amide bonds. The van der Waals surface area contributed by atoms with E-state index in [1.54, 1.807) is 17.6 Å². The standard InChI is InChI=1S/C21H28N4O4S/c1-14-15(2)30-21-19(14)20(27)22-18(23-21)13-25(12-17-4-3-7-29-17)11-16(26)10-24-5-8-28-9-6-24/h3-4,7,16,26H,5-6,8-13H2,1-2H3,(H,22,23,27). The molecule has 162 valence electrons. The molecule has 0 aliphatic carbocycles. The number of H-pyrrole nitrogens is 1. The number of aromatic amines is 1. The molecular formula is C21H28N4O4S. The molecule has 1 aliphatic heterocycles. The van der Waals surface area contributed by atoms with E-state index in [2.05, 4.69) is 14.8 Å². The molecule has 1 aliphatic rings. The van der Waals surface area contributed by atoms with E-state index in [0.29, 0.717) is 50.6 Å². The molecule has 1 fully saturated rings. The number of aromatic nitrogens is 2. The maximum absolute atomic E-state index is 12.6. The highest BCUT2D eigenvalue weighted by Gasteiger charge is 2.20. The summed E-state index contributed by atoms with van der Waals surface area (Å²) in [4.78, 5) is 26.4. The Bertz CT molecular complexity index is 1020. The lowest BCUT2D eigenvalue weighted by Crippen LogP contribution is -2.44. The molecule has 2 N–H and O–H groups in total. The lowest BCUT2D eigenvalue weighted by molar-refractivity contribution is 0.00487. The minimum absolute atomic E-state index is 0.108. The number of β-amino-alcohol motifs (C(OH)–C–C–N with tert-alkyl or cyclic N) is 1. The zero-order valence-electron chi connectivity index (χ0n) is 17.4. The first-order chi connectivity index (χ1) is 14.5. The van der Waals surface area contributed by atoms with E-state index in [0.717, 1.165) is 34.1 Å². The van der Waals surface area contributed by atoms with Crippen molar-refractivity contribution in [3.8, 4) is 0 Å². The van der Waals surface area contributed by atoms with E-state index in [1.807, 2.05) is 26.0 Å². The van der Waals surface area contributed by atoms with Crippen LogP contribution in [0.4, 0.5) is 0 Å². The van der Waals surface area contributed by atoms with Gasteiger partial charge in [0.2, 0.25) is 0 Å². The van der Waals surface area contributed by atoms with E-state index in [1.165, 1.54) is 0 Å². The first-order valence-corrected chi connectivity index (χ1v) is 11.0. The topological polar surface area (TPSA) is 94.8 Å². The Morgan fingerprint density at radius 2 is 2.13 bits per heavy atom. The Morgan fingerprint density at radius 1 is 1.33 bits per heavy atom. The zero-order valence-corrected chi connectivity index (χ0v) is 18.2. The van der Waals surface area contributed by atoms with Crippen LogP contribution in [-0.4, -0.2) is 70.4 Å². The normalized spacial score (nSPS) is 16.5. The van der Waals surface area contributed by atoms with Crippen molar-refractivity contribution in [2.24, 2.45) is 0 Å². The molecule has 0 radical (unpaired) electrons. The zero-order chi connectivity index (χ0) is 21.1. The van der Waals surface area contributed by atoms with Crippen molar-refractivity contribution < 1.29 is 14.3 Å². The first kappa shape index (κ1) is 21.2. The minimum Gasteiger partial charge on any atom is -0.468 e. The smallest absolute Gasteiger partial charge is 0.259 e. The van der Waals surface area contributed by atoms with E-state index >= 15 is 0 Å². The average Bonchev–Trinajstić information content (AvgIpc) is 3.30. The third kappa shape index (κ3) is 4.98. The number of furan rings is 1. The molecule has 4 heterocycles. The number of hydrogen-bond acceptors (Lipinski definition) is 8. The molecule has 4 rings (SSSR count). The third-order valence-corrected chi connectivity index (χ3v) is 6.56. The maximum atomic E-state index is 12.6. The van der Waals surface area contributed by atoms with Gasteiger partial charge in [0.15, 0.2) is 0 Å². The average molecular weight is 433 g/mol. The second-order valence-corrected chi connectivity index (χ2v) is 9.00. The van der Waals surface area contributed by atoms with Crippen molar-refractivity contribution >= 4 is 21.6 Å². The molecule has 1 unspecified atom stereocenters. The highest BCUT2D eigenvalue weighted by atomic mass is 32.1. The second kappa shape index (κ2) is 9.40. The monoisotopic (exact) mass is 432 g/mol. The molecule has 0 spiro atoms. The number of fused-ring (bicyclic) bond motifs is 1. The molecule has 30 heavy (non-hydrogen) atoms. The summed E-state index contributed by atoms with van der Waals surface area (Å²) in [6.45, 7) is 9.01. The predicted octanol–water partition coefficient (Wildman–Crippen LogP) is 1.89. The summed E-state index contributed by atoms with van der Waals surface area (Å²) in [7, 11) is 0. The molecule has 0 saturated carbocycles. The predicted molar refractivity (Wildman–Crippen MR) is 116 cm³/mol. The third-order valence-electron chi connectivity index (χ3n) is 5.46. The molecule has 1 saturated heterocycles. The van der Waals surface area contributed by atoms with Crippen LogP contribution in [0.2, 0.25) is 0 Å². The number of ether oxygens (including phenoxy) is 1. The quantitative estimate of drug-likeness (QED) is 0.561. The fraction of sp³-hybridized carbons (Fsp3) is 0.524. The van der Waals surface area contributed by atoms with Gasteiger partial charge in [0, 0.05) is 31.1 Å². The van der Waals surface area contributed by atoms with Crippen LogP contribution in [-0.2, 0) is 17.8 Å². The number of hydrogen-bond donors (Lipinski definition) is 2. The summed E-state index contributed by atoms with van der Waals surface area (Å²) in [6.07, 6.45) is 1.11. The van der Waals surface area contributed by atoms with Crippen LogP contribution < -0.4 is 5.56 Å². The van der Waals surface area contributed by atoms with Crippen LogP contribution in [0.15, 0.2) is 27.6 Å². The van der Waals surface area contributed by atoms with Crippen molar-refractivity contribution in [2.45, 2.75) is 33.0 Å². The first-order valence-electron chi connectivity index (χ1n) is 10.2. The van der Waals surface area contributed by atoms with Crippen LogP contribution in [0.1, 0.15) is 22.0 Å². The molecule has 0 aromatic carbocycles. The van der Waals surface area contributed by atoms with E-state index < -0.39 is 6.10 Å². The van der Waals surface area contributed by atoms with Gasteiger partial charge in [0.1, 0.15) is 16.4 Å². The van der Waals surface area contributed by atoms with Gasteiger partial charge < -0.3 is 19.2 Å². The number of rotatable bonds is 8. The Labute approximate surface area is 179 Å². The van der Waals surface area contributed by atoms with Crippen molar-refractivity contribution in [3.63, 3.8) is 0 Å². The molecule has 9 heteroatoms. The summed E-state index contributed by atoms with van der Waals surface area (Å²) in [5, 5.41) is 11.4. The Balaban J connectivity index is 1.50. The number of aliphatic hydroxyl groups is 1. The van der Waals surface area contributed by atoms with Gasteiger partial charge in [-0.05, 0) is 31.5 Å². The SMILES string of the molecule is Cc1sc2nc(CN(Cc3ccco3)CC(O)CN3CCOCC3)[nH]c(=O)c2c1C. The van der Waals surface area contributed by atoms with Crippen molar-refractivity contribution in [2.75, 3.05) is 39.4 Å². The second-order valence-electron chi connectivity index (χ2n) is 7.79. The van der Waals surface area contributed by atoms with Crippen LogP contribution in [0.5, 0.6) is 0 Å². The van der Waals surface area contributed by atoms with Crippen molar-refractivity contribution in [1.29, 1.82) is 0 Å². The fourth-order valence-electron chi connectivity index (χ4n) is 3.83. The van der Waals surface area contributed by atoms with Crippen molar-refractivity contribution in [3.05, 3.63) is 50.8 Å². The van der Waals surface area contributed by atoms with Gasteiger partial charge in [-0.15, -0.1) is 11.3 Å². The van der Waals surface area contributed by atoms with Gasteiger partial charge >= 0.3 is 0 Å². The van der Waals surface area contributed by atoms with Gasteiger partial charge in [0.25, 0.3) is 5.56 Å². The van der Waals surface area contributed by atoms with Crippen LogP contribution >= 0.6 is 11.3 Å². The Kier molecular flexibility index (Phi) is 6.64. The van der Waals surface area contributed by atoms with E-state index in [-0.39, 0.29) is 5.56 Å². The highest BCUT2D eigenvalue weighted by molar-refractivity contribution is 7.18. The number of morpholine rings is 1. The molecule has 3 aromatic rings. The summed E-state index contributed by atoms with van der Waals surface area (Å²) < 4.78 is 10.9. The number of aliphatic hydroxyl groups excluding tert-OH is 1. The summed E-state index contributed by atoms with van der Waals surface area (Å²) >= 11 is 1.54. The maximum Gasteiger partial charge on any atom is 0.259 e. The number of thiophene rings is 1. The van der Waals surface area contributed by atoms with Crippen LogP contribution in [0.25, 0.3) is 10.2 Å². The van der Waals surface area contributed by atoms with Gasteiger partial charge in [0.05, 0.1) is 44.1 Å². The molecule has 0 bridgehead atoms. The summed E-state index contributed by atoms with van der Waals surface area (Å²) in [5.41, 5.74) is 0.882. The summed E-state index contributed by atoms with van der Waals surface area (Å²) in [6, 6.07) is 3.76. The number of nitrogens with one attached hydrogen (secondary N) is 1. The molecular weight excluding hydrogens is 404 g/mol. The van der Waals surface area contributed by atoms with E-state index in [9.17, 15) is 9.90 Å². The van der Waals surface area contributed by atoms with Gasteiger partial charge in [-0.2, -0.15) is 0 Å². The largest absolute Gasteiger partial charge is 0.468 e. The Hall–Kier alpha value is -2.04. The van der Waals surface area contributed by atoms with E-state index in [4.69, 9.17) is 14.1 Å². The molecule has 3 aromatic heterocycles. The lowest BCUT2D eigenvalue weighted by Gasteiger charge is -2.30. The van der Waals surface area contributed by atoms with Crippen molar-refractivity contribution in [1.82, 2.24) is 19.8 Å². The molecule has 1 atom stereocenters. The summed E-state index contributed by atoms with van der Waals surface area (Å²) in [5.74, 6) is 1.40. The minimum atomic E-state index is -0.528. The van der Waals surface area contributed by atoms with Gasteiger partial charge in [-0.1, -0.05) is 0 Å². The fourth-order valence-corrected chi connectivity index (χ4v) is 4.88. The number of nitrogens with zero attached hydrogens (tertiary/aromatic N) is 3. The lowest BCUT2D eigenvalue weighted by atomic mass is 10.2. The highest BCUT2D eigenvalue weighted by Crippen LogP contribution is 2.25. The Morgan fingerprint density at radius 3 is 2.87 bits per heavy atom. The van der Waals surface area contributed by atoms with Gasteiger partial charge in [-0.25, -0.2) is 4.98 Å². The van der Waals surface area contributed by atoms with Gasteiger partial charge in [-0.3, -0.25) is 14.6 Å². The van der Waals surface area contributed by atoms with Crippen LogP contribution in [0.3, 0.4) is 0 Å².